The molecule has 7 heteroatoms. The monoisotopic (exact) mass is 288 g/mol. The Morgan fingerprint density at radius 3 is 2.45 bits per heavy atom. The highest BCUT2D eigenvalue weighted by atomic mass is 19.4. The van der Waals surface area contributed by atoms with Crippen LogP contribution in [0.1, 0.15) is 24.1 Å². The zero-order valence-corrected chi connectivity index (χ0v) is 10.7. The average Bonchev–Trinajstić information content (AvgIpc) is 2.39. The Morgan fingerprint density at radius 1 is 1.35 bits per heavy atom. The third-order valence-electron chi connectivity index (χ3n) is 3.53. The summed E-state index contributed by atoms with van der Waals surface area (Å²) in [6.07, 6.45) is -2.41. The smallest absolute Gasteiger partial charge is 0.417 e. The lowest BCUT2D eigenvalue weighted by Crippen LogP contribution is -2.37. The molecule has 20 heavy (non-hydrogen) atoms. The first kappa shape index (κ1) is 14.6. The molecule has 0 unspecified atom stereocenters. The van der Waals surface area contributed by atoms with E-state index in [0.29, 0.717) is 25.2 Å². The van der Waals surface area contributed by atoms with Gasteiger partial charge in [-0.25, -0.2) is 4.79 Å². The van der Waals surface area contributed by atoms with Crippen molar-refractivity contribution in [1.29, 1.82) is 0 Å². The molecule has 4 nitrogen and oxygen atoms in total. The molecule has 110 valence electrons. The van der Waals surface area contributed by atoms with Crippen molar-refractivity contribution in [3.63, 3.8) is 0 Å². The highest BCUT2D eigenvalue weighted by Crippen LogP contribution is 2.29. The van der Waals surface area contributed by atoms with Crippen molar-refractivity contribution < 1.29 is 23.1 Å². The van der Waals surface area contributed by atoms with E-state index in [-0.39, 0.29) is 5.92 Å². The van der Waals surface area contributed by atoms with Gasteiger partial charge < -0.3 is 10.0 Å². The zero-order valence-electron chi connectivity index (χ0n) is 10.7. The van der Waals surface area contributed by atoms with E-state index in [0.717, 1.165) is 25.1 Å². The molecule has 0 aromatic carbocycles. The topological polar surface area (TPSA) is 53.4 Å². The van der Waals surface area contributed by atoms with Gasteiger partial charge in [0.15, 0.2) is 0 Å². The van der Waals surface area contributed by atoms with Crippen LogP contribution in [-0.2, 0) is 12.6 Å². The average molecular weight is 288 g/mol. The molecule has 0 radical (unpaired) electrons. The normalized spacial score (nSPS) is 17.2. The molecule has 0 saturated carbocycles. The van der Waals surface area contributed by atoms with Gasteiger partial charge in [-0.15, -0.1) is 0 Å². The lowest BCUT2D eigenvalue weighted by atomic mass is 9.92. The summed E-state index contributed by atoms with van der Waals surface area (Å²) < 4.78 is 37.2. The molecule has 1 aliphatic heterocycles. The number of nitrogens with zero attached hydrogens (tertiary/aromatic N) is 2. The first-order valence-electron chi connectivity index (χ1n) is 6.36. The zero-order chi connectivity index (χ0) is 14.8. The molecule has 0 bridgehead atoms. The fourth-order valence-corrected chi connectivity index (χ4v) is 2.34. The molecule has 1 N–H and O–H groups in total. The number of alkyl halides is 3. The molecule has 1 saturated heterocycles. The number of carbonyl (C=O) groups is 1. The number of hydrogen-bond donors (Lipinski definition) is 1. The predicted octanol–water partition coefficient (Wildman–Crippen LogP) is 3.03. The molecule has 2 heterocycles. The highest BCUT2D eigenvalue weighted by molar-refractivity contribution is 5.64. The minimum Gasteiger partial charge on any atom is -0.465 e. The maximum Gasteiger partial charge on any atom is 0.417 e. The van der Waals surface area contributed by atoms with Crippen molar-refractivity contribution in [2.45, 2.75) is 25.4 Å². The van der Waals surface area contributed by atoms with Gasteiger partial charge >= 0.3 is 12.3 Å². The van der Waals surface area contributed by atoms with E-state index < -0.39 is 17.8 Å². The Hall–Kier alpha value is -1.79. The van der Waals surface area contributed by atoms with Gasteiger partial charge in [-0.1, -0.05) is 0 Å². The summed E-state index contributed by atoms with van der Waals surface area (Å²) in [5.41, 5.74) is -0.131. The maximum absolute atomic E-state index is 12.4. The van der Waals surface area contributed by atoms with Crippen LogP contribution in [0.5, 0.6) is 0 Å². The molecule has 0 spiro atoms. The van der Waals surface area contributed by atoms with E-state index in [9.17, 15) is 18.0 Å². The van der Waals surface area contributed by atoms with Gasteiger partial charge in [0.1, 0.15) is 0 Å². The van der Waals surface area contributed by atoms with Gasteiger partial charge in [0.25, 0.3) is 0 Å². The number of carboxylic acid groups (broad SMARTS) is 1. The van der Waals surface area contributed by atoms with Crippen molar-refractivity contribution in [2.75, 3.05) is 13.1 Å². The second kappa shape index (κ2) is 5.68. The van der Waals surface area contributed by atoms with Crippen molar-refractivity contribution in [1.82, 2.24) is 9.88 Å². The SMILES string of the molecule is O=C(O)N1CCC(Cc2ccc(C(F)(F)F)cn2)CC1. The molecule has 0 atom stereocenters. The summed E-state index contributed by atoms with van der Waals surface area (Å²) in [7, 11) is 0. The lowest BCUT2D eigenvalue weighted by Gasteiger charge is -2.29. The molecule has 1 amide bonds. The summed E-state index contributed by atoms with van der Waals surface area (Å²) in [6.45, 7) is 0.946. The van der Waals surface area contributed by atoms with Crippen molar-refractivity contribution in [3.05, 3.63) is 29.6 Å². The molecule has 1 aliphatic rings. The minimum atomic E-state index is -4.36. The first-order valence-corrected chi connectivity index (χ1v) is 6.36. The molecule has 1 aromatic heterocycles. The lowest BCUT2D eigenvalue weighted by molar-refractivity contribution is -0.137. The highest BCUT2D eigenvalue weighted by Gasteiger charge is 2.30. The van der Waals surface area contributed by atoms with Crippen molar-refractivity contribution in [3.8, 4) is 0 Å². The number of piperidine rings is 1. The number of hydrogen-bond acceptors (Lipinski definition) is 2. The van der Waals surface area contributed by atoms with E-state index >= 15 is 0 Å². The Balaban J connectivity index is 1.90. The van der Waals surface area contributed by atoms with Crippen LogP contribution < -0.4 is 0 Å². The molecule has 0 aliphatic carbocycles. The largest absolute Gasteiger partial charge is 0.465 e. The number of halogens is 3. The second-order valence-corrected chi connectivity index (χ2v) is 4.95. The van der Waals surface area contributed by atoms with E-state index in [1.54, 1.807) is 0 Å². The third kappa shape index (κ3) is 3.61. The molecule has 1 aromatic rings. The standard InChI is InChI=1S/C13H15F3N2O2/c14-13(15,16)10-1-2-11(17-8-10)7-9-3-5-18(6-4-9)12(19)20/h1-2,8-9H,3-7H2,(H,19,20). The number of amides is 1. The van der Waals surface area contributed by atoms with Crippen LogP contribution in [0.25, 0.3) is 0 Å². The summed E-state index contributed by atoms with van der Waals surface area (Å²) in [4.78, 5) is 16.0. The van der Waals surface area contributed by atoms with E-state index in [1.165, 1.54) is 11.0 Å². The van der Waals surface area contributed by atoms with E-state index in [1.807, 2.05) is 0 Å². The Kier molecular flexibility index (Phi) is 4.15. The van der Waals surface area contributed by atoms with Crippen LogP contribution in [0, 0.1) is 5.92 Å². The van der Waals surface area contributed by atoms with E-state index in [2.05, 4.69) is 4.98 Å². The quantitative estimate of drug-likeness (QED) is 0.910. The molecular weight excluding hydrogens is 273 g/mol. The Bertz CT molecular complexity index is 465. The Labute approximate surface area is 114 Å². The summed E-state index contributed by atoms with van der Waals surface area (Å²) in [5, 5.41) is 8.83. The summed E-state index contributed by atoms with van der Waals surface area (Å²) >= 11 is 0. The first-order chi connectivity index (χ1) is 9.36. The Morgan fingerprint density at radius 2 is 2.00 bits per heavy atom. The fourth-order valence-electron chi connectivity index (χ4n) is 2.34. The fraction of sp³-hybridized carbons (Fsp3) is 0.538. The second-order valence-electron chi connectivity index (χ2n) is 4.95. The van der Waals surface area contributed by atoms with Gasteiger partial charge in [0, 0.05) is 25.0 Å². The molecule has 2 rings (SSSR count). The third-order valence-corrected chi connectivity index (χ3v) is 3.53. The van der Waals surface area contributed by atoms with Crippen LogP contribution in [0.2, 0.25) is 0 Å². The van der Waals surface area contributed by atoms with Gasteiger partial charge in [0.2, 0.25) is 0 Å². The minimum absolute atomic E-state index is 0.273. The van der Waals surface area contributed by atoms with E-state index in [4.69, 9.17) is 5.11 Å². The number of rotatable bonds is 2. The van der Waals surface area contributed by atoms with Crippen molar-refractivity contribution >= 4 is 6.09 Å². The van der Waals surface area contributed by atoms with Crippen LogP contribution >= 0.6 is 0 Å². The number of pyridine rings is 1. The van der Waals surface area contributed by atoms with Crippen LogP contribution in [0.3, 0.4) is 0 Å². The summed E-state index contributed by atoms with van der Waals surface area (Å²) in [5.74, 6) is 0.273. The van der Waals surface area contributed by atoms with Gasteiger partial charge in [-0.2, -0.15) is 13.2 Å². The van der Waals surface area contributed by atoms with Crippen LogP contribution in [0.15, 0.2) is 18.3 Å². The maximum atomic E-state index is 12.4. The summed E-state index contributed by atoms with van der Waals surface area (Å²) in [6, 6.07) is 2.43. The van der Waals surface area contributed by atoms with Gasteiger partial charge in [0.05, 0.1) is 5.56 Å². The van der Waals surface area contributed by atoms with Gasteiger partial charge in [-0.3, -0.25) is 4.98 Å². The van der Waals surface area contributed by atoms with Crippen LogP contribution in [0.4, 0.5) is 18.0 Å². The predicted molar refractivity (Wildman–Crippen MR) is 65.3 cm³/mol. The number of aromatic nitrogens is 1. The molecule has 1 fully saturated rings. The van der Waals surface area contributed by atoms with Crippen LogP contribution in [-0.4, -0.2) is 34.2 Å². The number of likely N-dealkylation sites (tertiary alicyclic amines) is 1. The van der Waals surface area contributed by atoms with Gasteiger partial charge in [-0.05, 0) is 37.3 Å². The molecular formula is C13H15F3N2O2. The van der Waals surface area contributed by atoms with Crippen molar-refractivity contribution in [2.24, 2.45) is 5.92 Å².